The Bertz CT molecular complexity index is 593. The Kier molecular flexibility index (Phi) is 5.77. The Morgan fingerprint density at radius 1 is 0.964 bits per heavy atom. The highest BCUT2D eigenvalue weighted by Gasteiger charge is 2.61. The summed E-state index contributed by atoms with van der Waals surface area (Å²) < 4.78 is 11.2. The average Bonchev–Trinajstić information content (AvgIpc) is 3.42. The van der Waals surface area contributed by atoms with E-state index >= 15 is 0 Å². The van der Waals surface area contributed by atoms with Gasteiger partial charge in [-0.3, -0.25) is 9.59 Å². The number of ether oxygens (including phenoxy) is 2. The number of carbonyl (C=O) groups is 2. The Balaban J connectivity index is 1.27. The molecular formula is C24H38O4. The highest BCUT2D eigenvalue weighted by Crippen LogP contribution is 2.65. The quantitative estimate of drug-likeness (QED) is 0.565. The summed E-state index contributed by atoms with van der Waals surface area (Å²) >= 11 is 0. The van der Waals surface area contributed by atoms with Gasteiger partial charge >= 0.3 is 11.9 Å². The van der Waals surface area contributed by atoms with E-state index in [-0.39, 0.29) is 36.5 Å². The summed E-state index contributed by atoms with van der Waals surface area (Å²) in [5.74, 6) is 4.29. The van der Waals surface area contributed by atoms with E-state index in [1.165, 1.54) is 25.7 Å². The predicted molar refractivity (Wildman–Crippen MR) is 107 cm³/mol. The fraction of sp³-hybridized carbons (Fsp3) is 0.917. The van der Waals surface area contributed by atoms with Crippen molar-refractivity contribution in [1.29, 1.82) is 0 Å². The van der Waals surface area contributed by atoms with Crippen LogP contribution in [-0.4, -0.2) is 24.1 Å². The lowest BCUT2D eigenvalue weighted by molar-refractivity contribution is -0.161. The zero-order valence-electron chi connectivity index (χ0n) is 18.0. The van der Waals surface area contributed by atoms with Crippen LogP contribution in [0.2, 0.25) is 0 Å². The minimum Gasteiger partial charge on any atom is -0.465 e. The molecule has 0 aromatic carbocycles. The van der Waals surface area contributed by atoms with Crippen LogP contribution in [0.25, 0.3) is 0 Å². The molecule has 0 saturated heterocycles. The molecule has 7 unspecified atom stereocenters. The van der Waals surface area contributed by atoms with Gasteiger partial charge in [0.15, 0.2) is 0 Å². The van der Waals surface area contributed by atoms with Crippen LogP contribution >= 0.6 is 0 Å². The van der Waals surface area contributed by atoms with Crippen molar-refractivity contribution in [3.8, 4) is 0 Å². The molecule has 0 amide bonds. The Morgan fingerprint density at radius 3 is 2.32 bits per heavy atom. The third-order valence-electron chi connectivity index (χ3n) is 8.75. The number of esters is 2. The van der Waals surface area contributed by atoms with Crippen LogP contribution < -0.4 is 0 Å². The molecule has 4 fully saturated rings. The molecular weight excluding hydrogens is 352 g/mol. The first-order valence-corrected chi connectivity index (χ1v) is 11.8. The topological polar surface area (TPSA) is 52.6 Å². The first-order valence-electron chi connectivity index (χ1n) is 11.8. The van der Waals surface area contributed by atoms with Crippen molar-refractivity contribution in [1.82, 2.24) is 0 Å². The summed E-state index contributed by atoms with van der Waals surface area (Å²) in [5.41, 5.74) is -0.297. The zero-order valence-corrected chi connectivity index (χ0v) is 18.0. The normalized spacial score (nSPS) is 40.5. The van der Waals surface area contributed by atoms with E-state index in [9.17, 15) is 9.59 Å². The van der Waals surface area contributed by atoms with E-state index < -0.39 is 0 Å². The zero-order chi connectivity index (χ0) is 19.9. The van der Waals surface area contributed by atoms with E-state index in [1.807, 2.05) is 6.92 Å². The standard InChI is InChI=1S/C24H38O4/c1-4-15-12-16(5-2)22-18-13-17(21(15)22)14-19(18)23(26)27-11-8-20(25)28-24(3)9-6-7-10-24/h15-19,21-22H,4-14H2,1-3H3. The number of fused-ring (bicyclic) bond motifs is 5. The van der Waals surface area contributed by atoms with E-state index in [1.54, 1.807) is 0 Å². The minimum absolute atomic E-state index is 0.0550. The van der Waals surface area contributed by atoms with Crippen LogP contribution in [0.4, 0.5) is 0 Å². The number of rotatable bonds is 7. The highest BCUT2D eigenvalue weighted by molar-refractivity contribution is 5.75. The van der Waals surface area contributed by atoms with Gasteiger partial charge in [-0.25, -0.2) is 0 Å². The second-order valence-electron chi connectivity index (χ2n) is 10.3. The Labute approximate surface area is 170 Å². The molecule has 4 aliphatic rings. The highest BCUT2D eigenvalue weighted by atomic mass is 16.6. The maximum atomic E-state index is 12.8. The van der Waals surface area contributed by atoms with E-state index in [0.717, 1.165) is 61.7 Å². The van der Waals surface area contributed by atoms with Crippen molar-refractivity contribution in [3.05, 3.63) is 0 Å². The lowest BCUT2D eigenvalue weighted by atomic mass is 9.70. The monoisotopic (exact) mass is 390 g/mol. The van der Waals surface area contributed by atoms with Crippen molar-refractivity contribution in [2.45, 2.75) is 90.6 Å². The summed E-state index contributed by atoms with van der Waals surface area (Å²) in [7, 11) is 0. The van der Waals surface area contributed by atoms with Crippen LogP contribution in [0, 0.1) is 41.4 Å². The molecule has 0 radical (unpaired) electrons. The first kappa shape index (κ1) is 20.2. The molecule has 0 aromatic rings. The number of hydrogen-bond acceptors (Lipinski definition) is 4. The molecule has 2 bridgehead atoms. The fourth-order valence-corrected chi connectivity index (χ4v) is 7.56. The number of hydrogen-bond donors (Lipinski definition) is 0. The molecule has 0 aromatic heterocycles. The second kappa shape index (κ2) is 7.99. The average molecular weight is 391 g/mol. The van der Waals surface area contributed by atoms with Gasteiger partial charge in [0.2, 0.25) is 0 Å². The van der Waals surface area contributed by atoms with Gasteiger partial charge in [-0.05, 0) is 87.4 Å². The predicted octanol–water partition coefficient (Wildman–Crippen LogP) is 5.14. The largest absolute Gasteiger partial charge is 0.465 e. The van der Waals surface area contributed by atoms with E-state index in [0.29, 0.717) is 5.92 Å². The van der Waals surface area contributed by atoms with Crippen molar-refractivity contribution < 1.29 is 19.1 Å². The summed E-state index contributed by atoms with van der Waals surface area (Å²) in [4.78, 5) is 24.9. The third-order valence-corrected chi connectivity index (χ3v) is 8.75. The fourth-order valence-electron chi connectivity index (χ4n) is 7.56. The first-order chi connectivity index (χ1) is 13.5. The van der Waals surface area contributed by atoms with Crippen molar-refractivity contribution in [2.75, 3.05) is 6.61 Å². The van der Waals surface area contributed by atoms with Gasteiger partial charge < -0.3 is 9.47 Å². The van der Waals surface area contributed by atoms with Crippen molar-refractivity contribution >= 4 is 11.9 Å². The van der Waals surface area contributed by atoms with Crippen LogP contribution in [-0.2, 0) is 19.1 Å². The molecule has 28 heavy (non-hydrogen) atoms. The van der Waals surface area contributed by atoms with Crippen molar-refractivity contribution in [2.24, 2.45) is 41.4 Å². The van der Waals surface area contributed by atoms with E-state index in [4.69, 9.17) is 9.47 Å². The summed E-state index contributed by atoms with van der Waals surface area (Å²) in [6.07, 6.45) is 10.5. The van der Waals surface area contributed by atoms with Gasteiger partial charge in [-0.15, -0.1) is 0 Å². The van der Waals surface area contributed by atoms with Gasteiger partial charge in [0.1, 0.15) is 12.2 Å². The Hall–Kier alpha value is -1.06. The van der Waals surface area contributed by atoms with Crippen molar-refractivity contribution in [3.63, 3.8) is 0 Å². The van der Waals surface area contributed by atoms with Crippen LogP contribution in [0.3, 0.4) is 0 Å². The molecule has 4 aliphatic carbocycles. The van der Waals surface area contributed by atoms with Gasteiger partial charge in [0, 0.05) is 0 Å². The molecule has 0 aliphatic heterocycles. The molecule has 4 saturated carbocycles. The molecule has 0 spiro atoms. The molecule has 4 rings (SSSR count). The summed E-state index contributed by atoms with van der Waals surface area (Å²) in [6.45, 7) is 6.84. The van der Waals surface area contributed by atoms with Gasteiger partial charge in [0.05, 0.1) is 12.3 Å². The molecule has 4 nitrogen and oxygen atoms in total. The minimum atomic E-state index is -0.297. The van der Waals surface area contributed by atoms with E-state index in [2.05, 4.69) is 13.8 Å². The smallest absolute Gasteiger partial charge is 0.309 e. The molecule has 0 N–H and O–H groups in total. The van der Waals surface area contributed by atoms with Gasteiger partial charge in [0.25, 0.3) is 0 Å². The van der Waals surface area contributed by atoms with Crippen LogP contribution in [0.1, 0.15) is 85.0 Å². The molecule has 4 heteroatoms. The summed E-state index contributed by atoms with van der Waals surface area (Å²) in [6, 6.07) is 0. The lowest BCUT2D eigenvalue weighted by Gasteiger charge is -2.34. The van der Waals surface area contributed by atoms with Gasteiger partial charge in [-0.2, -0.15) is 0 Å². The molecule has 7 atom stereocenters. The van der Waals surface area contributed by atoms with Crippen LogP contribution in [0.15, 0.2) is 0 Å². The lowest BCUT2D eigenvalue weighted by Crippen LogP contribution is -2.35. The number of carbonyl (C=O) groups excluding carboxylic acids is 2. The molecule has 0 heterocycles. The molecule has 158 valence electrons. The Morgan fingerprint density at radius 2 is 1.64 bits per heavy atom. The SMILES string of the molecule is CCC1CC(CC)C2C3CC(CC3C(=O)OCCC(=O)OC3(C)CCCC3)C12. The maximum absolute atomic E-state index is 12.8. The summed E-state index contributed by atoms with van der Waals surface area (Å²) in [5, 5.41) is 0. The second-order valence-corrected chi connectivity index (χ2v) is 10.3. The van der Waals surface area contributed by atoms with Crippen LogP contribution in [0.5, 0.6) is 0 Å². The third kappa shape index (κ3) is 3.61. The maximum Gasteiger partial charge on any atom is 0.309 e. The van der Waals surface area contributed by atoms with Gasteiger partial charge in [-0.1, -0.05) is 26.7 Å².